The van der Waals surface area contributed by atoms with E-state index < -0.39 is 22.5 Å². The third-order valence-corrected chi connectivity index (χ3v) is 8.70. The molecule has 1 aliphatic carbocycles. The summed E-state index contributed by atoms with van der Waals surface area (Å²) < 4.78 is 24.5. The van der Waals surface area contributed by atoms with E-state index in [-0.39, 0.29) is 18.3 Å². The molecule has 1 amide bonds. The number of halogens is 1. The van der Waals surface area contributed by atoms with Crippen LogP contribution in [-0.4, -0.2) is 28.6 Å². The van der Waals surface area contributed by atoms with Gasteiger partial charge in [-0.15, -0.1) is 11.8 Å². The SMILES string of the molecule is O=C(OCc1cc(=O)oc2cc3c(cc12)CCC3)[C@H]1CS[C@@]2(c3ccc(F)cc3)CCC(=O)N12. The molecule has 0 bridgehead atoms. The van der Waals surface area contributed by atoms with E-state index in [1.807, 2.05) is 12.1 Å². The first-order valence-corrected chi connectivity index (χ1v) is 12.4. The van der Waals surface area contributed by atoms with Gasteiger partial charge in [0.15, 0.2) is 0 Å². The molecule has 2 aromatic carbocycles. The van der Waals surface area contributed by atoms with Crippen LogP contribution in [0, 0.1) is 5.82 Å². The number of hydrogen-bond donors (Lipinski definition) is 0. The predicted molar refractivity (Wildman–Crippen MR) is 125 cm³/mol. The Kier molecular flexibility index (Phi) is 5.02. The van der Waals surface area contributed by atoms with Gasteiger partial charge in [-0.25, -0.2) is 14.0 Å². The van der Waals surface area contributed by atoms with Gasteiger partial charge in [0, 0.05) is 29.2 Å². The summed E-state index contributed by atoms with van der Waals surface area (Å²) in [6.45, 7) is -0.0769. The van der Waals surface area contributed by atoms with Crippen molar-refractivity contribution in [1.82, 2.24) is 4.90 Å². The zero-order valence-electron chi connectivity index (χ0n) is 18.3. The number of carbonyl (C=O) groups excluding carboxylic acids is 2. The van der Waals surface area contributed by atoms with Gasteiger partial charge in [0.05, 0.1) is 0 Å². The van der Waals surface area contributed by atoms with Crippen molar-refractivity contribution in [2.45, 2.75) is 49.6 Å². The smallest absolute Gasteiger partial charge is 0.336 e. The fourth-order valence-corrected chi connectivity index (χ4v) is 7.12. The lowest BCUT2D eigenvalue weighted by atomic mass is 10.0. The third-order valence-electron chi connectivity index (χ3n) is 7.11. The van der Waals surface area contributed by atoms with Gasteiger partial charge < -0.3 is 14.1 Å². The predicted octanol–water partition coefficient (Wildman–Crippen LogP) is 4.05. The Bertz CT molecular complexity index is 1380. The normalized spacial score (nSPS) is 23.4. The second-order valence-electron chi connectivity index (χ2n) is 9.05. The number of benzene rings is 2. The monoisotopic (exact) mass is 479 g/mol. The second-order valence-corrected chi connectivity index (χ2v) is 10.3. The summed E-state index contributed by atoms with van der Waals surface area (Å²) in [7, 11) is 0. The van der Waals surface area contributed by atoms with Gasteiger partial charge in [-0.1, -0.05) is 12.1 Å². The standard InChI is InChI=1S/C26H22FNO5S/c27-19-6-4-18(5-7-19)26-9-8-23(29)28(26)21(14-34-26)25(31)32-13-17-12-24(30)33-22-11-16-3-1-2-15(16)10-20(17)22/h4-7,10-12,21H,1-3,8-9,13-14H2/t21-,26-/m1/s1. The third kappa shape index (κ3) is 3.35. The Morgan fingerprint density at radius 3 is 2.68 bits per heavy atom. The van der Waals surface area contributed by atoms with Gasteiger partial charge in [0.25, 0.3) is 0 Å². The van der Waals surface area contributed by atoms with Crippen molar-refractivity contribution in [2.24, 2.45) is 0 Å². The van der Waals surface area contributed by atoms with Crippen LogP contribution in [0.15, 0.2) is 51.7 Å². The van der Waals surface area contributed by atoms with Crippen molar-refractivity contribution in [3.05, 3.63) is 81.0 Å². The maximum absolute atomic E-state index is 13.5. The molecule has 0 radical (unpaired) electrons. The van der Waals surface area contributed by atoms with Crippen LogP contribution in [-0.2, 0) is 38.6 Å². The molecule has 6 nitrogen and oxygen atoms in total. The number of rotatable bonds is 4. The minimum atomic E-state index is -0.735. The molecule has 174 valence electrons. The highest BCUT2D eigenvalue weighted by Gasteiger charge is 2.57. The molecular weight excluding hydrogens is 457 g/mol. The number of amides is 1. The number of hydrogen-bond acceptors (Lipinski definition) is 6. The molecule has 0 saturated carbocycles. The lowest BCUT2D eigenvalue weighted by Gasteiger charge is -2.33. The number of ether oxygens (including phenoxy) is 1. The van der Waals surface area contributed by atoms with Crippen LogP contribution in [0.1, 0.15) is 41.5 Å². The molecule has 34 heavy (non-hydrogen) atoms. The molecule has 2 aliphatic heterocycles. The van der Waals surface area contributed by atoms with Crippen LogP contribution in [0.3, 0.4) is 0 Å². The summed E-state index contributed by atoms with van der Waals surface area (Å²) in [5, 5.41) is 0.770. The summed E-state index contributed by atoms with van der Waals surface area (Å²) in [6, 6.07) is 10.7. The molecule has 3 aliphatic rings. The topological polar surface area (TPSA) is 76.8 Å². The Balaban J connectivity index is 1.26. The van der Waals surface area contributed by atoms with E-state index in [0.717, 1.165) is 30.2 Å². The Morgan fingerprint density at radius 2 is 1.88 bits per heavy atom. The Hall–Kier alpha value is -3.13. The molecule has 0 N–H and O–H groups in total. The quantitative estimate of drug-likeness (QED) is 0.415. The number of thioether (sulfide) groups is 1. The van der Waals surface area contributed by atoms with Crippen LogP contribution < -0.4 is 5.63 Å². The van der Waals surface area contributed by atoms with Crippen LogP contribution in [0.25, 0.3) is 11.0 Å². The summed E-state index contributed by atoms with van der Waals surface area (Å²) in [5.41, 5.74) is 3.84. The van der Waals surface area contributed by atoms with Crippen molar-refractivity contribution in [3.63, 3.8) is 0 Å². The van der Waals surface area contributed by atoms with Crippen molar-refractivity contribution < 1.29 is 23.1 Å². The molecule has 3 heterocycles. The van der Waals surface area contributed by atoms with E-state index in [2.05, 4.69) is 0 Å². The zero-order chi connectivity index (χ0) is 23.4. The number of esters is 1. The first-order valence-electron chi connectivity index (χ1n) is 11.4. The fraction of sp³-hybridized carbons (Fsp3) is 0.346. The summed E-state index contributed by atoms with van der Waals surface area (Å²) in [5.74, 6) is -0.570. The van der Waals surface area contributed by atoms with Crippen LogP contribution in [0.2, 0.25) is 0 Å². The van der Waals surface area contributed by atoms with E-state index in [1.165, 1.54) is 41.1 Å². The van der Waals surface area contributed by atoms with E-state index in [4.69, 9.17) is 9.15 Å². The van der Waals surface area contributed by atoms with Gasteiger partial charge in [-0.05, 0) is 66.6 Å². The second kappa shape index (κ2) is 7.98. The van der Waals surface area contributed by atoms with Crippen LogP contribution >= 0.6 is 11.8 Å². The number of fused-ring (bicyclic) bond motifs is 3. The largest absolute Gasteiger partial charge is 0.459 e. The molecular formula is C26H22FNO5S. The summed E-state index contributed by atoms with van der Waals surface area (Å²) >= 11 is 1.52. The lowest BCUT2D eigenvalue weighted by molar-refractivity contribution is -0.155. The van der Waals surface area contributed by atoms with E-state index in [0.29, 0.717) is 29.7 Å². The van der Waals surface area contributed by atoms with Crippen molar-refractivity contribution >= 4 is 34.6 Å². The first-order chi connectivity index (χ1) is 16.4. The fourth-order valence-electron chi connectivity index (χ4n) is 5.49. The molecule has 2 atom stereocenters. The highest BCUT2D eigenvalue weighted by Crippen LogP contribution is 2.54. The molecule has 1 aromatic heterocycles. The van der Waals surface area contributed by atoms with Gasteiger partial charge >= 0.3 is 11.6 Å². The van der Waals surface area contributed by atoms with Crippen LogP contribution in [0.4, 0.5) is 4.39 Å². The van der Waals surface area contributed by atoms with Crippen molar-refractivity contribution in [2.75, 3.05) is 5.75 Å². The molecule has 8 heteroatoms. The minimum absolute atomic E-state index is 0.0769. The highest BCUT2D eigenvalue weighted by molar-refractivity contribution is 8.00. The number of nitrogens with zero attached hydrogens (tertiary/aromatic N) is 1. The number of carbonyl (C=O) groups is 2. The van der Waals surface area contributed by atoms with Crippen LogP contribution in [0.5, 0.6) is 0 Å². The molecule has 2 fully saturated rings. The molecule has 0 unspecified atom stereocenters. The maximum atomic E-state index is 13.5. The average Bonchev–Trinajstić information content (AvgIpc) is 3.52. The molecule has 2 saturated heterocycles. The van der Waals surface area contributed by atoms with Gasteiger partial charge in [-0.2, -0.15) is 0 Å². The molecule has 0 spiro atoms. The molecule has 6 rings (SSSR count). The minimum Gasteiger partial charge on any atom is -0.459 e. The lowest BCUT2D eigenvalue weighted by Crippen LogP contribution is -2.46. The van der Waals surface area contributed by atoms with Gasteiger partial charge in [0.2, 0.25) is 5.91 Å². The first kappa shape index (κ1) is 21.4. The van der Waals surface area contributed by atoms with E-state index in [9.17, 15) is 18.8 Å². The molecule has 3 aromatic rings. The van der Waals surface area contributed by atoms with Crippen molar-refractivity contribution in [3.8, 4) is 0 Å². The summed E-state index contributed by atoms with van der Waals surface area (Å²) in [4.78, 5) is 39.0. The highest BCUT2D eigenvalue weighted by atomic mass is 32.2. The van der Waals surface area contributed by atoms with E-state index in [1.54, 1.807) is 17.0 Å². The zero-order valence-corrected chi connectivity index (χ0v) is 19.2. The average molecular weight is 480 g/mol. The maximum Gasteiger partial charge on any atom is 0.336 e. The Labute approximate surface area is 199 Å². The van der Waals surface area contributed by atoms with Crippen molar-refractivity contribution in [1.29, 1.82) is 0 Å². The summed E-state index contributed by atoms with van der Waals surface area (Å²) in [6.07, 6.45) is 3.89. The van der Waals surface area contributed by atoms with Gasteiger partial charge in [0.1, 0.15) is 28.9 Å². The Morgan fingerprint density at radius 1 is 1.12 bits per heavy atom. The van der Waals surface area contributed by atoms with Gasteiger partial charge in [-0.3, -0.25) is 4.79 Å². The van der Waals surface area contributed by atoms with E-state index >= 15 is 0 Å². The number of aryl methyl sites for hydroxylation is 2.